The number of nitrogens with zero attached hydrogens (tertiary/aromatic N) is 5. The Bertz CT molecular complexity index is 933. The number of nitrogen functional groups attached to an aromatic ring is 2. The maximum absolute atomic E-state index is 11.5. The molecule has 0 radical (unpaired) electrons. The van der Waals surface area contributed by atoms with Gasteiger partial charge in [-0.3, -0.25) is 9.59 Å². The van der Waals surface area contributed by atoms with Crippen LogP contribution in [0.1, 0.15) is 25.7 Å². The summed E-state index contributed by atoms with van der Waals surface area (Å²) in [6.07, 6.45) is 7.00. The summed E-state index contributed by atoms with van der Waals surface area (Å²) < 4.78 is 9.39. The average Bonchev–Trinajstić information content (AvgIpc) is 2.89. The van der Waals surface area contributed by atoms with Crippen molar-refractivity contribution in [1.82, 2.24) is 25.3 Å². The lowest BCUT2D eigenvalue weighted by atomic mass is 9.98. The van der Waals surface area contributed by atoms with E-state index in [9.17, 15) is 9.59 Å². The van der Waals surface area contributed by atoms with Crippen LogP contribution in [-0.2, 0) is 19.1 Å². The zero-order valence-electron chi connectivity index (χ0n) is 20.4. The Morgan fingerprint density at radius 2 is 1.61 bits per heavy atom. The van der Waals surface area contributed by atoms with Crippen LogP contribution < -0.4 is 21.7 Å². The minimum Gasteiger partial charge on any atom is -0.469 e. The number of halogens is 2. The summed E-state index contributed by atoms with van der Waals surface area (Å²) in [6.45, 7) is 3.33. The molecule has 4 heterocycles. The second kappa shape index (κ2) is 16.7. The first kappa shape index (κ1) is 31.1. The van der Waals surface area contributed by atoms with E-state index < -0.39 is 0 Å². The molecule has 14 heteroatoms. The van der Waals surface area contributed by atoms with E-state index in [4.69, 9.17) is 27.8 Å². The zero-order chi connectivity index (χ0) is 25.6. The third kappa shape index (κ3) is 10.8. The molecule has 0 bridgehead atoms. The van der Waals surface area contributed by atoms with Gasteiger partial charge in [0, 0.05) is 32.0 Å². The quantitative estimate of drug-likeness (QED) is 0.377. The molecule has 2 aliphatic heterocycles. The Morgan fingerprint density at radius 3 is 2.14 bits per heavy atom. The number of carbonyl (C=O) groups excluding carboxylic acids is 2. The smallest absolute Gasteiger partial charge is 0.310 e. The zero-order valence-corrected chi connectivity index (χ0v) is 22.0. The number of anilines is 3. The highest BCUT2D eigenvalue weighted by atomic mass is 35.5. The highest BCUT2D eigenvalue weighted by molar-refractivity contribution is 6.29. The summed E-state index contributed by atoms with van der Waals surface area (Å²) >= 11 is 5.41. The lowest BCUT2D eigenvalue weighted by Crippen LogP contribution is -2.39. The number of nitrogens with one attached hydrogen (secondary N) is 1. The van der Waals surface area contributed by atoms with Gasteiger partial charge >= 0.3 is 11.9 Å². The second-order valence-electron chi connectivity index (χ2n) is 7.89. The van der Waals surface area contributed by atoms with Gasteiger partial charge in [-0.1, -0.05) is 11.6 Å². The van der Waals surface area contributed by atoms with Crippen molar-refractivity contribution < 1.29 is 19.1 Å². The summed E-state index contributed by atoms with van der Waals surface area (Å²) in [7, 11) is 2.86. The lowest BCUT2D eigenvalue weighted by molar-refractivity contribution is -0.146. The molecule has 0 saturated carbocycles. The average molecular weight is 545 g/mol. The van der Waals surface area contributed by atoms with Crippen LogP contribution in [0.5, 0.6) is 0 Å². The molecule has 2 fully saturated rings. The maximum atomic E-state index is 11.5. The van der Waals surface area contributed by atoms with E-state index in [-0.39, 0.29) is 48.1 Å². The summed E-state index contributed by atoms with van der Waals surface area (Å²) in [5.74, 6) is 1.01. The van der Waals surface area contributed by atoms with Gasteiger partial charge in [0.05, 0.1) is 26.1 Å². The number of carbonyl (C=O) groups is 2. The second-order valence-corrected chi connectivity index (χ2v) is 8.27. The summed E-state index contributed by atoms with van der Waals surface area (Å²) in [5, 5.41) is 3.52. The van der Waals surface area contributed by atoms with Gasteiger partial charge < -0.3 is 31.2 Å². The predicted molar refractivity (Wildman–Crippen MR) is 140 cm³/mol. The number of aromatic nitrogens is 4. The van der Waals surface area contributed by atoms with Crippen molar-refractivity contribution in [3.8, 4) is 0 Å². The van der Waals surface area contributed by atoms with Gasteiger partial charge in [0.15, 0.2) is 0 Å². The third-order valence-corrected chi connectivity index (χ3v) is 5.62. The molecular weight excluding hydrogens is 511 g/mol. The molecule has 2 atom stereocenters. The van der Waals surface area contributed by atoms with Crippen LogP contribution in [0.4, 0.5) is 17.7 Å². The van der Waals surface area contributed by atoms with Gasteiger partial charge in [-0.25, -0.2) is 15.0 Å². The first-order valence-electron chi connectivity index (χ1n) is 11.3. The van der Waals surface area contributed by atoms with Gasteiger partial charge in [0.1, 0.15) is 11.0 Å². The van der Waals surface area contributed by atoms with Crippen LogP contribution in [0.15, 0.2) is 24.5 Å². The minimum absolute atomic E-state index is 0. The molecule has 2 aromatic rings. The van der Waals surface area contributed by atoms with E-state index in [0.717, 1.165) is 51.1 Å². The Balaban J connectivity index is 0.000000291. The van der Waals surface area contributed by atoms with Crippen LogP contribution >= 0.6 is 24.0 Å². The van der Waals surface area contributed by atoms with Crippen LogP contribution in [0.25, 0.3) is 0 Å². The molecule has 12 nitrogen and oxygen atoms in total. The number of hydrogen-bond donors (Lipinski definition) is 3. The van der Waals surface area contributed by atoms with Crippen LogP contribution in [0, 0.1) is 11.8 Å². The number of ether oxygens (including phenoxy) is 2. The van der Waals surface area contributed by atoms with Gasteiger partial charge in [0.25, 0.3) is 0 Å². The van der Waals surface area contributed by atoms with Crippen LogP contribution in [-0.4, -0.2) is 72.3 Å². The molecule has 0 aromatic carbocycles. The maximum Gasteiger partial charge on any atom is 0.310 e. The standard InChI is InChI=1S/C11H16N4O2.C7H13NO2.C4H4ClN3.ClH/c1-17-10(16)8-3-2-6-15(7-8)9-4-5-13-11(12)14-9;1-10-7(9)6-3-2-4-8-5-6;5-3-1-2-7-4(6)8-3;/h4-5,8H,2-3,6-7H2,1H3,(H2,12,13,14);6,8H,2-5H2,1H3;1-2H,(H2,6,7,8);1H. The highest BCUT2D eigenvalue weighted by Gasteiger charge is 2.27. The molecule has 5 N–H and O–H groups in total. The van der Waals surface area contributed by atoms with E-state index in [1.807, 2.05) is 4.90 Å². The number of methoxy groups -OCH3 is 2. The van der Waals surface area contributed by atoms with Gasteiger partial charge in [-0.15, -0.1) is 12.4 Å². The first-order valence-corrected chi connectivity index (χ1v) is 11.7. The molecule has 2 saturated heterocycles. The molecule has 36 heavy (non-hydrogen) atoms. The van der Waals surface area contributed by atoms with Crippen molar-refractivity contribution in [3.63, 3.8) is 0 Å². The molecule has 0 spiro atoms. The first-order chi connectivity index (χ1) is 16.8. The van der Waals surface area contributed by atoms with Crippen LogP contribution in [0.3, 0.4) is 0 Å². The molecule has 4 rings (SSSR count). The van der Waals surface area contributed by atoms with Gasteiger partial charge in [0.2, 0.25) is 11.9 Å². The number of piperidine rings is 2. The van der Waals surface area contributed by atoms with E-state index in [1.165, 1.54) is 20.4 Å². The number of nitrogens with two attached hydrogens (primary N) is 2. The van der Waals surface area contributed by atoms with Crippen molar-refractivity contribution in [2.24, 2.45) is 11.8 Å². The number of rotatable bonds is 3. The topological polar surface area (TPSA) is 171 Å². The van der Waals surface area contributed by atoms with Crippen molar-refractivity contribution in [1.29, 1.82) is 0 Å². The van der Waals surface area contributed by atoms with Crippen LogP contribution in [0.2, 0.25) is 5.15 Å². The van der Waals surface area contributed by atoms with Crippen molar-refractivity contribution >= 4 is 53.7 Å². The fourth-order valence-electron chi connectivity index (χ4n) is 3.65. The summed E-state index contributed by atoms with van der Waals surface area (Å²) in [5.41, 5.74) is 10.7. The Hall–Kier alpha value is -2.96. The molecule has 0 aliphatic carbocycles. The summed E-state index contributed by atoms with van der Waals surface area (Å²) in [4.78, 5) is 39.7. The molecular formula is C22H34Cl2N8O4. The molecule has 2 aliphatic rings. The molecule has 0 amide bonds. The Labute approximate surface area is 221 Å². The van der Waals surface area contributed by atoms with Gasteiger partial charge in [-0.05, 0) is 44.4 Å². The predicted octanol–water partition coefficient (Wildman–Crippen LogP) is 1.74. The third-order valence-electron chi connectivity index (χ3n) is 5.41. The fourth-order valence-corrected chi connectivity index (χ4v) is 3.80. The van der Waals surface area contributed by atoms with Crippen molar-refractivity contribution in [2.75, 3.05) is 56.8 Å². The lowest BCUT2D eigenvalue weighted by Gasteiger charge is -2.32. The fraction of sp³-hybridized carbons (Fsp3) is 0.545. The minimum atomic E-state index is -0.156. The molecule has 200 valence electrons. The monoisotopic (exact) mass is 544 g/mol. The van der Waals surface area contributed by atoms with Crippen molar-refractivity contribution in [3.05, 3.63) is 29.7 Å². The van der Waals surface area contributed by atoms with Gasteiger partial charge in [-0.2, -0.15) is 4.98 Å². The van der Waals surface area contributed by atoms with E-state index in [0.29, 0.717) is 11.7 Å². The normalized spacial score (nSPS) is 18.7. The van der Waals surface area contributed by atoms with E-state index in [2.05, 4.69) is 30.0 Å². The Morgan fingerprint density at radius 1 is 1.00 bits per heavy atom. The van der Waals surface area contributed by atoms with E-state index >= 15 is 0 Å². The Kier molecular flexibility index (Phi) is 14.4. The largest absolute Gasteiger partial charge is 0.469 e. The highest BCUT2D eigenvalue weighted by Crippen LogP contribution is 2.22. The summed E-state index contributed by atoms with van der Waals surface area (Å²) in [6, 6.07) is 3.37. The molecule has 2 unspecified atom stereocenters. The SMILES string of the molecule is COC(=O)C1CCCN(c2ccnc(N)n2)C1.COC(=O)C1CCCNC1.Cl.Nc1nccc(Cl)n1. The van der Waals surface area contributed by atoms with E-state index in [1.54, 1.807) is 18.3 Å². The van der Waals surface area contributed by atoms with Crippen molar-refractivity contribution in [2.45, 2.75) is 25.7 Å². The number of hydrogen-bond acceptors (Lipinski definition) is 12. The number of esters is 2. The molecule has 2 aromatic heterocycles.